The lowest BCUT2D eigenvalue weighted by molar-refractivity contribution is 0.0997. The lowest BCUT2D eigenvalue weighted by Gasteiger charge is -2.14. The van der Waals surface area contributed by atoms with E-state index in [1.807, 2.05) is 32.2 Å². The third-order valence-corrected chi connectivity index (χ3v) is 6.64. The summed E-state index contributed by atoms with van der Waals surface area (Å²) in [5.41, 5.74) is 11.8. The van der Waals surface area contributed by atoms with E-state index < -0.39 is 5.91 Å². The second kappa shape index (κ2) is 10.8. The summed E-state index contributed by atoms with van der Waals surface area (Å²) >= 11 is 6.75. The van der Waals surface area contributed by atoms with Gasteiger partial charge >= 0.3 is 0 Å². The first kappa shape index (κ1) is 25.9. The van der Waals surface area contributed by atoms with Crippen LogP contribution in [0.4, 0.5) is 17.3 Å². The van der Waals surface area contributed by atoms with E-state index in [0.717, 1.165) is 40.9 Å². The average Bonchev–Trinajstić information content (AvgIpc) is 3.19. The number of halogens is 1. The number of anilines is 3. The molecule has 190 valence electrons. The van der Waals surface area contributed by atoms with E-state index in [1.165, 1.54) is 0 Å². The number of hydrogen-bond donors (Lipinski definition) is 3. The van der Waals surface area contributed by atoms with Gasteiger partial charge in [-0.1, -0.05) is 43.6 Å². The van der Waals surface area contributed by atoms with Gasteiger partial charge in [0.2, 0.25) is 11.9 Å². The van der Waals surface area contributed by atoms with Crippen LogP contribution in [0.5, 0.6) is 0 Å². The van der Waals surface area contributed by atoms with Crippen LogP contribution in [-0.2, 0) is 19.9 Å². The van der Waals surface area contributed by atoms with Gasteiger partial charge in [0.25, 0.3) is 5.91 Å². The van der Waals surface area contributed by atoms with Gasteiger partial charge in [0.1, 0.15) is 0 Å². The molecule has 0 aliphatic rings. The normalized spacial score (nSPS) is 10.8. The van der Waals surface area contributed by atoms with Gasteiger partial charge in [-0.15, -0.1) is 0 Å². The van der Waals surface area contributed by atoms with Crippen molar-refractivity contribution in [2.75, 3.05) is 10.6 Å². The summed E-state index contributed by atoms with van der Waals surface area (Å²) in [5, 5.41) is 6.55. The van der Waals surface area contributed by atoms with Gasteiger partial charge in [0, 0.05) is 36.4 Å². The van der Waals surface area contributed by atoms with E-state index in [2.05, 4.69) is 34.4 Å². The van der Waals surface area contributed by atoms with Gasteiger partial charge < -0.3 is 20.9 Å². The monoisotopic (exact) mass is 516 g/mol. The van der Waals surface area contributed by atoms with Crippen LogP contribution in [-0.4, -0.2) is 26.3 Å². The number of nitrogens with zero attached hydrogens (tertiary/aromatic N) is 3. The molecular weight excluding hydrogens is 488 g/mol. The van der Waals surface area contributed by atoms with Gasteiger partial charge in [-0.3, -0.25) is 9.59 Å². The number of primary amides is 1. The van der Waals surface area contributed by atoms with Gasteiger partial charge in [-0.25, -0.2) is 9.97 Å². The van der Waals surface area contributed by atoms with Crippen molar-refractivity contribution in [3.63, 3.8) is 0 Å². The summed E-state index contributed by atoms with van der Waals surface area (Å²) in [6.07, 6.45) is 4.93. The predicted molar refractivity (Wildman–Crippen MR) is 148 cm³/mol. The Morgan fingerprint density at radius 1 is 1.08 bits per heavy atom. The molecule has 2 aromatic heterocycles. The van der Waals surface area contributed by atoms with E-state index in [-0.39, 0.29) is 5.91 Å². The van der Waals surface area contributed by atoms with Gasteiger partial charge in [0.05, 0.1) is 22.0 Å². The minimum atomic E-state index is -0.491. The van der Waals surface area contributed by atoms with E-state index in [1.54, 1.807) is 41.2 Å². The molecule has 2 aromatic carbocycles. The van der Waals surface area contributed by atoms with Gasteiger partial charge in [0.15, 0.2) is 0 Å². The van der Waals surface area contributed by atoms with Crippen molar-refractivity contribution in [1.82, 2.24) is 14.5 Å². The second-order valence-corrected chi connectivity index (χ2v) is 9.09. The Bertz CT molecular complexity index is 1470. The Morgan fingerprint density at radius 3 is 2.41 bits per heavy atom. The molecule has 0 atom stereocenters. The number of aromatic nitrogens is 3. The number of nitrogens with two attached hydrogens (primary N) is 1. The maximum absolute atomic E-state index is 13.3. The average molecular weight is 517 g/mol. The lowest BCUT2D eigenvalue weighted by atomic mass is 10.0. The molecule has 0 aliphatic heterocycles. The summed E-state index contributed by atoms with van der Waals surface area (Å²) in [5.74, 6) is -0.421. The molecule has 2 heterocycles. The van der Waals surface area contributed by atoms with Crippen molar-refractivity contribution < 1.29 is 9.59 Å². The summed E-state index contributed by atoms with van der Waals surface area (Å²) in [6.45, 7) is 5.98. The molecule has 4 N–H and O–H groups in total. The largest absolute Gasteiger partial charge is 0.366 e. The molecule has 0 saturated carbocycles. The first-order chi connectivity index (χ1) is 17.7. The summed E-state index contributed by atoms with van der Waals surface area (Å²) < 4.78 is 1.78. The molecule has 0 unspecified atom stereocenters. The molecule has 4 aromatic rings. The molecule has 4 rings (SSSR count). The highest BCUT2D eigenvalue weighted by Gasteiger charge is 2.22. The van der Waals surface area contributed by atoms with E-state index >= 15 is 0 Å². The van der Waals surface area contributed by atoms with Crippen molar-refractivity contribution in [3.05, 3.63) is 87.7 Å². The molecule has 0 fully saturated rings. The van der Waals surface area contributed by atoms with Gasteiger partial charge in [-0.2, -0.15) is 0 Å². The number of carbonyl (C=O) groups is 2. The molecule has 2 amide bonds. The SMILES string of the molecule is CCc1cccc(CC)c1NC(=O)c1cn(C)c(-c2ccnc(Nc3ccc(C(N)=O)cc3C)n2)c1Cl. The fourth-order valence-corrected chi connectivity index (χ4v) is 4.63. The highest BCUT2D eigenvalue weighted by Crippen LogP contribution is 2.33. The minimum absolute atomic E-state index is 0.278. The predicted octanol–water partition coefficient (Wildman–Crippen LogP) is 5.66. The summed E-state index contributed by atoms with van der Waals surface area (Å²) in [4.78, 5) is 33.7. The molecule has 0 spiro atoms. The number of para-hydroxylation sites is 1. The smallest absolute Gasteiger partial charge is 0.258 e. The third-order valence-electron chi connectivity index (χ3n) is 6.26. The Balaban J connectivity index is 1.63. The number of amides is 2. The molecule has 0 bridgehead atoms. The van der Waals surface area contributed by atoms with Crippen molar-refractivity contribution >= 4 is 40.7 Å². The van der Waals surface area contributed by atoms with Crippen molar-refractivity contribution in [2.45, 2.75) is 33.6 Å². The van der Waals surface area contributed by atoms with Crippen LogP contribution in [0, 0.1) is 6.92 Å². The van der Waals surface area contributed by atoms with Crippen molar-refractivity contribution in [2.24, 2.45) is 12.8 Å². The molecule has 0 saturated heterocycles. The van der Waals surface area contributed by atoms with Crippen LogP contribution in [0.1, 0.15) is 51.3 Å². The van der Waals surface area contributed by atoms with Crippen LogP contribution in [0.25, 0.3) is 11.4 Å². The van der Waals surface area contributed by atoms with E-state index in [9.17, 15) is 9.59 Å². The molecule has 37 heavy (non-hydrogen) atoms. The number of nitrogens with one attached hydrogen (secondary N) is 2. The maximum atomic E-state index is 13.3. The third kappa shape index (κ3) is 5.34. The lowest BCUT2D eigenvalue weighted by Crippen LogP contribution is -2.14. The van der Waals surface area contributed by atoms with Crippen molar-refractivity contribution in [3.8, 4) is 11.4 Å². The number of rotatable bonds is 8. The Hall–Kier alpha value is -4.17. The van der Waals surface area contributed by atoms with Gasteiger partial charge in [-0.05, 0) is 60.7 Å². The number of hydrogen-bond acceptors (Lipinski definition) is 5. The fourth-order valence-electron chi connectivity index (χ4n) is 4.26. The fraction of sp³-hybridized carbons (Fsp3) is 0.214. The van der Waals surface area contributed by atoms with Crippen LogP contribution in [0.2, 0.25) is 5.02 Å². The summed E-state index contributed by atoms with van der Waals surface area (Å²) in [6, 6.07) is 12.9. The first-order valence-corrected chi connectivity index (χ1v) is 12.4. The topological polar surface area (TPSA) is 115 Å². The number of benzene rings is 2. The Labute approximate surface area is 220 Å². The zero-order valence-corrected chi connectivity index (χ0v) is 22.0. The second-order valence-electron chi connectivity index (χ2n) is 8.71. The van der Waals surface area contributed by atoms with Crippen LogP contribution < -0.4 is 16.4 Å². The number of aryl methyl sites for hydroxylation is 4. The highest BCUT2D eigenvalue weighted by molar-refractivity contribution is 6.37. The zero-order chi connectivity index (χ0) is 26.7. The quantitative estimate of drug-likeness (QED) is 0.279. The highest BCUT2D eigenvalue weighted by atomic mass is 35.5. The minimum Gasteiger partial charge on any atom is -0.366 e. The first-order valence-electron chi connectivity index (χ1n) is 12.0. The standard InChI is InChI=1S/C28H29ClN6O2/c1-5-17-8-7-9-18(6-2)24(17)34-27(37)20-15-35(4)25(23(20)29)22-12-13-31-28(33-22)32-21-11-10-19(26(30)36)14-16(21)3/h7-15H,5-6H2,1-4H3,(H2,30,36)(H,34,37)(H,31,32,33). The molecule has 0 radical (unpaired) electrons. The molecule has 8 nitrogen and oxygen atoms in total. The van der Waals surface area contributed by atoms with Crippen LogP contribution in [0.3, 0.4) is 0 Å². The van der Waals surface area contributed by atoms with Crippen LogP contribution >= 0.6 is 11.6 Å². The number of carbonyl (C=O) groups excluding carboxylic acids is 2. The molecule has 9 heteroatoms. The Morgan fingerprint density at radius 2 is 1.78 bits per heavy atom. The van der Waals surface area contributed by atoms with Crippen LogP contribution in [0.15, 0.2) is 54.9 Å². The van der Waals surface area contributed by atoms with Crippen molar-refractivity contribution in [1.29, 1.82) is 0 Å². The maximum Gasteiger partial charge on any atom is 0.258 e. The van der Waals surface area contributed by atoms with E-state index in [0.29, 0.717) is 33.5 Å². The zero-order valence-electron chi connectivity index (χ0n) is 21.2. The molecular formula is C28H29ClN6O2. The van der Waals surface area contributed by atoms with E-state index in [4.69, 9.17) is 17.3 Å². The Kier molecular flexibility index (Phi) is 7.59. The molecule has 0 aliphatic carbocycles. The summed E-state index contributed by atoms with van der Waals surface area (Å²) in [7, 11) is 1.82.